The lowest BCUT2D eigenvalue weighted by molar-refractivity contribution is -0.305. The van der Waals surface area contributed by atoms with Crippen LogP contribution in [0.2, 0.25) is 0 Å². The molecule has 0 spiro atoms. The predicted octanol–water partition coefficient (Wildman–Crippen LogP) is 10.00. The van der Waals surface area contributed by atoms with Crippen LogP contribution in [-0.2, 0) is 28.5 Å². The number of aliphatic hydroxyl groups excluding tert-OH is 4. The quantitative estimate of drug-likeness (QED) is 0.0271. The molecule has 1 rings (SSSR count). The van der Waals surface area contributed by atoms with Crippen LogP contribution in [0.4, 0.5) is 0 Å². The van der Waals surface area contributed by atoms with Crippen LogP contribution < -0.4 is 0 Å². The summed E-state index contributed by atoms with van der Waals surface area (Å²) in [4.78, 5) is 25.3. The molecule has 0 bridgehead atoms. The van der Waals surface area contributed by atoms with Crippen LogP contribution in [-0.4, -0.2) is 89.0 Å². The lowest BCUT2D eigenvalue weighted by Gasteiger charge is -2.39. The highest BCUT2D eigenvalue weighted by molar-refractivity contribution is 5.70. The average Bonchev–Trinajstić information content (AvgIpc) is 3.23. The molecule has 0 aliphatic carbocycles. The third-order valence-electron chi connectivity index (χ3n) is 10.1. The first-order chi connectivity index (χ1) is 28.8. The molecule has 2 unspecified atom stereocenters. The third-order valence-corrected chi connectivity index (χ3v) is 10.1. The monoisotopic (exact) mass is 831 g/mol. The Morgan fingerprint density at radius 1 is 0.542 bits per heavy atom. The summed E-state index contributed by atoms with van der Waals surface area (Å²) in [6.07, 6.45) is 42.0. The van der Waals surface area contributed by atoms with Crippen LogP contribution in [0.3, 0.4) is 0 Å². The molecule has 1 saturated heterocycles. The molecule has 338 valence electrons. The van der Waals surface area contributed by atoms with Gasteiger partial charge in [0.1, 0.15) is 31.0 Å². The maximum Gasteiger partial charge on any atom is 0.306 e. The molecular weight excluding hydrogens is 749 g/mol. The Labute approximate surface area is 357 Å². The Kier molecular flexibility index (Phi) is 36.1. The Bertz CT molecular complexity index is 1190. The van der Waals surface area contributed by atoms with Crippen LogP contribution in [0.15, 0.2) is 72.9 Å². The SMILES string of the molecule is CC/C=C/C/C=C/C/C=C/C/C=C/C/C=C/CCCCCC(=O)OC[C@@H](CO[C@H]1O[C@@H](CO)[C@@H](O)C(O)C1O)OC(=O)CC/C=C/CCCCCCCCCCCCC. The molecule has 0 aromatic rings. The predicted molar refractivity (Wildman–Crippen MR) is 238 cm³/mol. The van der Waals surface area contributed by atoms with Gasteiger partial charge in [0.25, 0.3) is 0 Å². The van der Waals surface area contributed by atoms with Crippen molar-refractivity contribution >= 4 is 11.9 Å². The van der Waals surface area contributed by atoms with Crippen LogP contribution in [0.1, 0.15) is 168 Å². The first-order valence-corrected chi connectivity index (χ1v) is 23.0. The molecule has 0 aromatic carbocycles. The fourth-order valence-corrected chi connectivity index (χ4v) is 6.47. The van der Waals surface area contributed by atoms with Gasteiger partial charge in [-0.3, -0.25) is 9.59 Å². The second kappa shape index (κ2) is 39.3. The van der Waals surface area contributed by atoms with Gasteiger partial charge >= 0.3 is 11.9 Å². The molecular formula is C49H82O10. The average molecular weight is 831 g/mol. The summed E-state index contributed by atoms with van der Waals surface area (Å²) in [6.45, 7) is 3.23. The third kappa shape index (κ3) is 30.8. The molecule has 0 aromatic heterocycles. The number of ether oxygens (including phenoxy) is 4. The van der Waals surface area contributed by atoms with Crippen LogP contribution in [0.5, 0.6) is 0 Å². The summed E-state index contributed by atoms with van der Waals surface area (Å²) in [7, 11) is 0. The van der Waals surface area contributed by atoms with E-state index in [1.54, 1.807) is 0 Å². The summed E-state index contributed by atoms with van der Waals surface area (Å²) in [6, 6.07) is 0. The molecule has 0 amide bonds. The Hall–Kier alpha value is -2.86. The van der Waals surface area contributed by atoms with Crippen molar-refractivity contribution in [2.45, 2.75) is 205 Å². The molecule has 59 heavy (non-hydrogen) atoms. The van der Waals surface area contributed by atoms with E-state index in [4.69, 9.17) is 18.9 Å². The van der Waals surface area contributed by atoms with E-state index in [9.17, 15) is 30.0 Å². The highest BCUT2D eigenvalue weighted by atomic mass is 16.7. The summed E-state index contributed by atoms with van der Waals surface area (Å²) >= 11 is 0. The molecule has 0 saturated carbocycles. The van der Waals surface area contributed by atoms with E-state index in [-0.39, 0.29) is 26.1 Å². The second-order valence-corrected chi connectivity index (χ2v) is 15.5. The van der Waals surface area contributed by atoms with Gasteiger partial charge in [-0.15, -0.1) is 0 Å². The minimum absolute atomic E-state index is 0.136. The zero-order valence-corrected chi connectivity index (χ0v) is 36.7. The molecule has 1 aliphatic heterocycles. The first-order valence-electron chi connectivity index (χ1n) is 23.0. The van der Waals surface area contributed by atoms with Crippen molar-refractivity contribution in [1.82, 2.24) is 0 Å². The van der Waals surface area contributed by atoms with Crippen molar-refractivity contribution in [1.29, 1.82) is 0 Å². The Morgan fingerprint density at radius 3 is 1.59 bits per heavy atom. The van der Waals surface area contributed by atoms with Gasteiger partial charge in [0.15, 0.2) is 12.4 Å². The second-order valence-electron chi connectivity index (χ2n) is 15.5. The van der Waals surface area contributed by atoms with Gasteiger partial charge in [-0.05, 0) is 70.6 Å². The number of carbonyl (C=O) groups is 2. The van der Waals surface area contributed by atoms with Gasteiger partial charge in [0.2, 0.25) is 0 Å². The molecule has 6 atom stereocenters. The van der Waals surface area contributed by atoms with E-state index in [0.717, 1.165) is 64.2 Å². The smallest absolute Gasteiger partial charge is 0.306 e. The zero-order valence-electron chi connectivity index (χ0n) is 36.7. The minimum atomic E-state index is -1.61. The number of rotatable bonds is 37. The minimum Gasteiger partial charge on any atom is -0.462 e. The highest BCUT2D eigenvalue weighted by Gasteiger charge is 2.44. The molecule has 10 nitrogen and oxygen atoms in total. The van der Waals surface area contributed by atoms with Crippen molar-refractivity contribution in [2.24, 2.45) is 0 Å². The first kappa shape index (κ1) is 54.2. The van der Waals surface area contributed by atoms with Crippen molar-refractivity contribution in [2.75, 3.05) is 19.8 Å². The number of allylic oxidation sites excluding steroid dienone is 12. The molecule has 10 heteroatoms. The largest absolute Gasteiger partial charge is 0.462 e. The summed E-state index contributed by atoms with van der Waals surface area (Å²) in [5.74, 6) is -0.906. The zero-order chi connectivity index (χ0) is 43.0. The van der Waals surface area contributed by atoms with Crippen molar-refractivity contribution in [3.05, 3.63) is 72.9 Å². The summed E-state index contributed by atoms with van der Waals surface area (Å²) in [5, 5.41) is 40.1. The molecule has 1 aliphatic rings. The fourth-order valence-electron chi connectivity index (χ4n) is 6.47. The molecule has 1 fully saturated rings. The van der Waals surface area contributed by atoms with E-state index < -0.39 is 55.4 Å². The van der Waals surface area contributed by atoms with E-state index in [2.05, 4.69) is 80.7 Å². The summed E-state index contributed by atoms with van der Waals surface area (Å²) in [5.41, 5.74) is 0. The highest BCUT2D eigenvalue weighted by Crippen LogP contribution is 2.22. The van der Waals surface area contributed by atoms with Crippen LogP contribution in [0.25, 0.3) is 0 Å². The van der Waals surface area contributed by atoms with Crippen LogP contribution in [0, 0.1) is 0 Å². The van der Waals surface area contributed by atoms with E-state index >= 15 is 0 Å². The van der Waals surface area contributed by atoms with E-state index in [0.29, 0.717) is 12.8 Å². The number of aliphatic hydroxyl groups is 4. The fraction of sp³-hybridized carbons (Fsp3) is 0.714. The molecule has 1 heterocycles. The number of hydrogen-bond donors (Lipinski definition) is 4. The number of esters is 2. The topological polar surface area (TPSA) is 152 Å². The summed E-state index contributed by atoms with van der Waals surface area (Å²) < 4.78 is 22.1. The van der Waals surface area contributed by atoms with Crippen molar-refractivity contribution in [3.63, 3.8) is 0 Å². The number of unbranched alkanes of at least 4 members (excludes halogenated alkanes) is 14. The maximum atomic E-state index is 12.7. The van der Waals surface area contributed by atoms with Crippen LogP contribution >= 0.6 is 0 Å². The Morgan fingerprint density at radius 2 is 1.03 bits per heavy atom. The molecule has 4 N–H and O–H groups in total. The van der Waals surface area contributed by atoms with E-state index in [1.807, 2.05) is 6.08 Å². The Balaban J connectivity index is 2.37. The molecule has 0 radical (unpaired) electrons. The van der Waals surface area contributed by atoms with Crippen molar-refractivity contribution in [3.8, 4) is 0 Å². The normalized spacial score (nSPS) is 20.7. The number of hydrogen-bond acceptors (Lipinski definition) is 10. The lowest BCUT2D eigenvalue weighted by atomic mass is 9.99. The van der Waals surface area contributed by atoms with Gasteiger partial charge in [-0.2, -0.15) is 0 Å². The lowest BCUT2D eigenvalue weighted by Crippen LogP contribution is -2.59. The van der Waals surface area contributed by atoms with Crippen molar-refractivity contribution < 1.29 is 49.0 Å². The van der Waals surface area contributed by atoms with Gasteiger partial charge in [0, 0.05) is 12.8 Å². The number of carbonyl (C=O) groups excluding carboxylic acids is 2. The standard InChI is InChI=1S/C49H82O10/c1-3-5-7-9-11-13-15-17-19-20-21-22-24-25-27-29-31-33-35-37-44(51)56-40-42(41-57-49-48(55)47(54)46(53)43(39-50)59-49)58-45(52)38-36-34-32-30-28-26-23-18-16-14-12-10-8-6-4-2/h5,7,11,13,17,19,21-22,25,27,32,34,42-43,46-50,53-55H,3-4,6,8-10,12,14-16,18,20,23-24,26,28-31,33,35-41H2,1-2H3/b7-5+,13-11+,19-17+,22-21+,27-25+,34-32+/t42-,43-,46+,47?,48?,49-/m0/s1. The van der Waals surface area contributed by atoms with E-state index in [1.165, 1.54) is 64.2 Å². The maximum absolute atomic E-state index is 12.7. The van der Waals surface area contributed by atoms with Gasteiger partial charge in [-0.25, -0.2) is 0 Å². The van der Waals surface area contributed by atoms with Gasteiger partial charge in [0.05, 0.1) is 13.2 Å². The van der Waals surface area contributed by atoms with Gasteiger partial charge < -0.3 is 39.4 Å². The van der Waals surface area contributed by atoms with Gasteiger partial charge in [-0.1, -0.05) is 157 Å².